The SMILES string of the molecule is CC(C)(CO)NCCC1CCOCC1. The first-order valence-corrected chi connectivity index (χ1v) is 5.58. The van der Waals surface area contributed by atoms with Crippen molar-refractivity contribution in [3.8, 4) is 0 Å². The molecule has 3 heteroatoms. The normalized spacial score (nSPS) is 19.9. The Kier molecular flexibility index (Phi) is 4.85. The maximum absolute atomic E-state index is 9.05. The topological polar surface area (TPSA) is 41.5 Å². The third kappa shape index (κ3) is 4.40. The Labute approximate surface area is 86.8 Å². The molecule has 14 heavy (non-hydrogen) atoms. The fraction of sp³-hybridized carbons (Fsp3) is 1.00. The highest BCUT2D eigenvalue weighted by atomic mass is 16.5. The van der Waals surface area contributed by atoms with Crippen LogP contribution in [0.25, 0.3) is 0 Å². The first-order chi connectivity index (χ1) is 6.64. The van der Waals surface area contributed by atoms with Crippen LogP contribution in [-0.2, 0) is 4.74 Å². The molecule has 2 N–H and O–H groups in total. The van der Waals surface area contributed by atoms with Gasteiger partial charge in [-0.05, 0) is 45.6 Å². The van der Waals surface area contributed by atoms with Crippen LogP contribution in [0.1, 0.15) is 33.1 Å². The van der Waals surface area contributed by atoms with Crippen LogP contribution in [-0.4, -0.2) is 37.0 Å². The summed E-state index contributed by atoms with van der Waals surface area (Å²) in [7, 11) is 0. The van der Waals surface area contributed by atoms with Crippen LogP contribution in [0.4, 0.5) is 0 Å². The summed E-state index contributed by atoms with van der Waals surface area (Å²) in [6, 6.07) is 0. The third-order valence-electron chi connectivity index (χ3n) is 2.89. The van der Waals surface area contributed by atoms with E-state index >= 15 is 0 Å². The summed E-state index contributed by atoms with van der Waals surface area (Å²) in [5, 5.41) is 12.4. The Balaban J connectivity index is 2.08. The zero-order valence-electron chi connectivity index (χ0n) is 9.38. The molecule has 0 aromatic rings. The van der Waals surface area contributed by atoms with E-state index in [-0.39, 0.29) is 12.1 Å². The molecule has 1 saturated heterocycles. The highest BCUT2D eigenvalue weighted by Gasteiger charge is 2.17. The van der Waals surface area contributed by atoms with E-state index in [1.807, 2.05) is 13.8 Å². The van der Waals surface area contributed by atoms with Crippen LogP contribution in [0.5, 0.6) is 0 Å². The number of hydrogen-bond donors (Lipinski definition) is 2. The molecular weight excluding hydrogens is 178 g/mol. The molecule has 0 aromatic carbocycles. The molecule has 1 aliphatic heterocycles. The zero-order valence-corrected chi connectivity index (χ0v) is 9.38. The standard InChI is InChI=1S/C11H23NO2/c1-11(2,9-13)12-6-3-10-4-7-14-8-5-10/h10,12-13H,3-9H2,1-2H3. The molecule has 1 rings (SSSR count). The number of nitrogens with one attached hydrogen (secondary N) is 1. The van der Waals surface area contributed by atoms with Gasteiger partial charge in [-0.3, -0.25) is 0 Å². The van der Waals surface area contributed by atoms with Gasteiger partial charge in [0.2, 0.25) is 0 Å². The van der Waals surface area contributed by atoms with Crippen LogP contribution in [0.15, 0.2) is 0 Å². The van der Waals surface area contributed by atoms with Crippen LogP contribution in [0.3, 0.4) is 0 Å². The first-order valence-electron chi connectivity index (χ1n) is 5.58. The fourth-order valence-electron chi connectivity index (χ4n) is 1.71. The predicted molar refractivity (Wildman–Crippen MR) is 57.3 cm³/mol. The van der Waals surface area contributed by atoms with Gasteiger partial charge in [-0.25, -0.2) is 0 Å². The van der Waals surface area contributed by atoms with E-state index in [0.717, 1.165) is 25.7 Å². The summed E-state index contributed by atoms with van der Waals surface area (Å²) in [4.78, 5) is 0. The lowest BCUT2D eigenvalue weighted by atomic mass is 9.96. The Morgan fingerprint density at radius 3 is 2.57 bits per heavy atom. The maximum atomic E-state index is 9.05. The summed E-state index contributed by atoms with van der Waals surface area (Å²) in [6.45, 7) is 7.09. The lowest BCUT2D eigenvalue weighted by Crippen LogP contribution is -2.43. The van der Waals surface area contributed by atoms with E-state index < -0.39 is 0 Å². The minimum Gasteiger partial charge on any atom is -0.394 e. The molecule has 0 aliphatic carbocycles. The van der Waals surface area contributed by atoms with Gasteiger partial charge in [-0.1, -0.05) is 0 Å². The van der Waals surface area contributed by atoms with Gasteiger partial charge < -0.3 is 15.2 Å². The monoisotopic (exact) mass is 201 g/mol. The van der Waals surface area contributed by atoms with E-state index in [9.17, 15) is 0 Å². The van der Waals surface area contributed by atoms with E-state index in [1.165, 1.54) is 19.3 Å². The van der Waals surface area contributed by atoms with Crippen molar-refractivity contribution in [2.24, 2.45) is 5.92 Å². The lowest BCUT2D eigenvalue weighted by Gasteiger charge is -2.26. The van der Waals surface area contributed by atoms with E-state index in [2.05, 4.69) is 5.32 Å². The van der Waals surface area contributed by atoms with Gasteiger partial charge in [0.25, 0.3) is 0 Å². The van der Waals surface area contributed by atoms with Crippen molar-refractivity contribution in [3.63, 3.8) is 0 Å². The molecule has 0 atom stereocenters. The predicted octanol–water partition coefficient (Wildman–Crippen LogP) is 1.16. The zero-order chi connectivity index (χ0) is 10.4. The second kappa shape index (κ2) is 5.69. The van der Waals surface area contributed by atoms with Gasteiger partial charge in [-0.15, -0.1) is 0 Å². The Morgan fingerprint density at radius 1 is 1.36 bits per heavy atom. The second-order valence-electron chi connectivity index (χ2n) is 4.81. The second-order valence-corrected chi connectivity index (χ2v) is 4.81. The molecule has 0 aromatic heterocycles. The smallest absolute Gasteiger partial charge is 0.0607 e. The quantitative estimate of drug-likeness (QED) is 0.701. The summed E-state index contributed by atoms with van der Waals surface area (Å²) in [5.74, 6) is 0.811. The van der Waals surface area contributed by atoms with Gasteiger partial charge >= 0.3 is 0 Å². The van der Waals surface area contributed by atoms with Crippen LogP contribution in [0, 0.1) is 5.92 Å². The molecule has 0 unspecified atom stereocenters. The summed E-state index contributed by atoms with van der Waals surface area (Å²) < 4.78 is 5.31. The van der Waals surface area contributed by atoms with Crippen molar-refractivity contribution in [1.29, 1.82) is 0 Å². The van der Waals surface area contributed by atoms with E-state index in [1.54, 1.807) is 0 Å². The first kappa shape index (κ1) is 12.0. The van der Waals surface area contributed by atoms with Gasteiger partial charge in [-0.2, -0.15) is 0 Å². The minimum absolute atomic E-state index is 0.134. The molecule has 0 bridgehead atoms. The number of aliphatic hydroxyl groups is 1. The third-order valence-corrected chi connectivity index (χ3v) is 2.89. The molecule has 0 radical (unpaired) electrons. The lowest BCUT2D eigenvalue weighted by molar-refractivity contribution is 0.0628. The average molecular weight is 201 g/mol. The number of aliphatic hydroxyl groups excluding tert-OH is 1. The van der Waals surface area contributed by atoms with Crippen molar-refractivity contribution in [2.75, 3.05) is 26.4 Å². The van der Waals surface area contributed by atoms with Crippen molar-refractivity contribution in [1.82, 2.24) is 5.32 Å². The van der Waals surface area contributed by atoms with Crippen LogP contribution in [0.2, 0.25) is 0 Å². The Morgan fingerprint density at radius 2 is 2.00 bits per heavy atom. The van der Waals surface area contributed by atoms with Crippen LogP contribution >= 0.6 is 0 Å². The molecule has 1 aliphatic rings. The Bertz CT molecular complexity index is 153. The van der Waals surface area contributed by atoms with E-state index in [0.29, 0.717) is 0 Å². The highest BCUT2D eigenvalue weighted by molar-refractivity contribution is 4.76. The summed E-state index contributed by atoms with van der Waals surface area (Å²) >= 11 is 0. The van der Waals surface area contributed by atoms with Crippen molar-refractivity contribution in [2.45, 2.75) is 38.6 Å². The van der Waals surface area contributed by atoms with E-state index in [4.69, 9.17) is 9.84 Å². The molecule has 1 heterocycles. The van der Waals surface area contributed by atoms with Crippen molar-refractivity contribution >= 4 is 0 Å². The molecule has 0 amide bonds. The summed E-state index contributed by atoms with van der Waals surface area (Å²) in [5.41, 5.74) is -0.134. The van der Waals surface area contributed by atoms with Crippen molar-refractivity contribution in [3.05, 3.63) is 0 Å². The van der Waals surface area contributed by atoms with Crippen molar-refractivity contribution < 1.29 is 9.84 Å². The maximum Gasteiger partial charge on any atom is 0.0607 e. The molecule has 84 valence electrons. The van der Waals surface area contributed by atoms with Gasteiger partial charge in [0.05, 0.1) is 6.61 Å². The number of rotatable bonds is 5. The average Bonchev–Trinajstić information content (AvgIpc) is 2.19. The summed E-state index contributed by atoms with van der Waals surface area (Å²) in [6.07, 6.45) is 3.59. The van der Waals surface area contributed by atoms with Gasteiger partial charge in [0, 0.05) is 18.8 Å². The molecular formula is C11H23NO2. The molecule has 1 fully saturated rings. The fourth-order valence-corrected chi connectivity index (χ4v) is 1.71. The molecule has 0 saturated carbocycles. The van der Waals surface area contributed by atoms with Gasteiger partial charge in [0.1, 0.15) is 0 Å². The largest absolute Gasteiger partial charge is 0.394 e. The van der Waals surface area contributed by atoms with Gasteiger partial charge in [0.15, 0.2) is 0 Å². The van der Waals surface area contributed by atoms with Crippen LogP contribution < -0.4 is 5.32 Å². The minimum atomic E-state index is -0.134. The molecule has 3 nitrogen and oxygen atoms in total. The highest BCUT2D eigenvalue weighted by Crippen LogP contribution is 2.17. The number of hydrogen-bond acceptors (Lipinski definition) is 3. The molecule has 0 spiro atoms. The Hall–Kier alpha value is -0.120. The number of ether oxygens (including phenoxy) is 1.